The lowest BCUT2D eigenvalue weighted by molar-refractivity contribution is 0.268. The molecule has 102 valence electrons. The molecule has 1 fully saturated rings. The molecule has 1 aliphatic rings. The highest BCUT2D eigenvalue weighted by atomic mass is 16.3. The van der Waals surface area contributed by atoms with E-state index in [-0.39, 0.29) is 0 Å². The highest BCUT2D eigenvalue weighted by Crippen LogP contribution is 2.27. The lowest BCUT2D eigenvalue weighted by Crippen LogP contribution is -2.27. The first-order valence-corrected chi connectivity index (χ1v) is 7.03. The number of likely N-dealkylation sites (tertiary alicyclic amines) is 1. The molecule has 1 unspecified atom stereocenters. The van der Waals surface area contributed by atoms with Crippen LogP contribution in [0.3, 0.4) is 0 Å². The van der Waals surface area contributed by atoms with E-state index in [2.05, 4.69) is 29.0 Å². The van der Waals surface area contributed by atoms with Crippen LogP contribution in [0.5, 0.6) is 0 Å². The van der Waals surface area contributed by atoms with E-state index in [1.165, 1.54) is 13.0 Å². The first-order chi connectivity index (χ1) is 8.70. The van der Waals surface area contributed by atoms with Gasteiger partial charge in [-0.1, -0.05) is 0 Å². The van der Waals surface area contributed by atoms with Gasteiger partial charge < -0.3 is 14.6 Å². The van der Waals surface area contributed by atoms with Gasteiger partial charge in [-0.05, 0) is 53.2 Å². The van der Waals surface area contributed by atoms with Gasteiger partial charge in [0.05, 0.1) is 5.69 Å². The summed E-state index contributed by atoms with van der Waals surface area (Å²) in [5.41, 5.74) is 1.10. The second-order valence-corrected chi connectivity index (χ2v) is 5.46. The number of aromatic nitrogens is 1. The maximum Gasteiger partial charge on any atom is 0.198 e. The molecule has 0 aliphatic carbocycles. The van der Waals surface area contributed by atoms with Crippen molar-refractivity contribution in [2.45, 2.75) is 45.1 Å². The Bertz CT molecular complexity index is 362. The molecule has 0 spiro atoms. The largest absolute Gasteiger partial charge is 0.448 e. The number of rotatable bonds is 6. The van der Waals surface area contributed by atoms with Gasteiger partial charge in [0.1, 0.15) is 6.26 Å². The second kappa shape index (κ2) is 6.34. The molecule has 0 bridgehead atoms. The predicted octanol–water partition coefficient (Wildman–Crippen LogP) is 2.02. The number of nitrogens with one attached hydrogen (secondary N) is 1. The highest BCUT2D eigenvalue weighted by molar-refractivity contribution is 5.04. The molecule has 2 heterocycles. The topological polar surface area (TPSA) is 41.3 Å². The molecule has 1 saturated heterocycles. The van der Waals surface area contributed by atoms with Crippen LogP contribution in [-0.4, -0.2) is 42.6 Å². The van der Waals surface area contributed by atoms with Crippen molar-refractivity contribution in [2.24, 2.45) is 0 Å². The zero-order valence-corrected chi connectivity index (χ0v) is 11.8. The Morgan fingerprint density at radius 2 is 2.39 bits per heavy atom. The zero-order chi connectivity index (χ0) is 13.0. The van der Waals surface area contributed by atoms with Gasteiger partial charge in [-0.15, -0.1) is 0 Å². The highest BCUT2D eigenvalue weighted by Gasteiger charge is 2.28. The molecule has 1 N–H and O–H groups in total. The molecular formula is C14H25N3O. The second-order valence-electron chi connectivity index (χ2n) is 5.46. The van der Waals surface area contributed by atoms with Crippen LogP contribution in [0, 0.1) is 0 Å². The van der Waals surface area contributed by atoms with E-state index in [0.29, 0.717) is 12.0 Å². The van der Waals surface area contributed by atoms with E-state index in [9.17, 15) is 0 Å². The van der Waals surface area contributed by atoms with Crippen LogP contribution >= 0.6 is 0 Å². The van der Waals surface area contributed by atoms with Crippen molar-refractivity contribution in [3.63, 3.8) is 0 Å². The van der Waals surface area contributed by atoms with Crippen molar-refractivity contribution in [1.29, 1.82) is 0 Å². The summed E-state index contributed by atoms with van der Waals surface area (Å²) in [4.78, 5) is 7.13. The molecule has 0 saturated carbocycles. The minimum Gasteiger partial charge on any atom is -0.448 e. The molecule has 4 heteroatoms. The molecule has 18 heavy (non-hydrogen) atoms. The summed E-state index contributed by atoms with van der Waals surface area (Å²) in [5, 5.41) is 3.15. The van der Waals surface area contributed by atoms with E-state index in [0.717, 1.165) is 37.5 Å². The fourth-order valence-corrected chi connectivity index (χ4v) is 2.53. The quantitative estimate of drug-likeness (QED) is 0.785. The van der Waals surface area contributed by atoms with Crippen LogP contribution in [-0.2, 0) is 6.42 Å². The number of aryl methyl sites for hydroxylation is 1. The number of hydrogen-bond acceptors (Lipinski definition) is 4. The van der Waals surface area contributed by atoms with Crippen molar-refractivity contribution in [3.05, 3.63) is 17.8 Å². The fraction of sp³-hybridized carbons (Fsp3) is 0.786. The van der Waals surface area contributed by atoms with Crippen LogP contribution in [0.1, 0.15) is 44.2 Å². The Kier molecular flexibility index (Phi) is 4.78. The third kappa shape index (κ3) is 3.33. The summed E-state index contributed by atoms with van der Waals surface area (Å²) in [6.07, 6.45) is 5.13. The Morgan fingerprint density at radius 1 is 1.56 bits per heavy atom. The lowest BCUT2D eigenvalue weighted by Gasteiger charge is -2.19. The minimum atomic E-state index is 0.491. The SMILES string of the molecule is CNCCCc1coc(C2CCN(C(C)C)C2)n1. The van der Waals surface area contributed by atoms with Crippen molar-refractivity contribution in [2.75, 3.05) is 26.7 Å². The smallest absolute Gasteiger partial charge is 0.198 e. The van der Waals surface area contributed by atoms with Gasteiger partial charge in [-0.25, -0.2) is 4.98 Å². The number of hydrogen-bond donors (Lipinski definition) is 1. The van der Waals surface area contributed by atoms with Crippen molar-refractivity contribution >= 4 is 0 Å². The molecule has 1 aromatic heterocycles. The van der Waals surface area contributed by atoms with Crippen molar-refractivity contribution < 1.29 is 4.42 Å². The standard InChI is InChI=1S/C14H25N3O/c1-11(2)17-8-6-12(9-17)14-16-13(10-18-14)5-4-7-15-3/h10-12,15H,4-9H2,1-3H3. The molecule has 2 rings (SSSR count). The van der Waals surface area contributed by atoms with Gasteiger partial charge in [-0.2, -0.15) is 0 Å². The molecule has 1 aliphatic heterocycles. The summed E-state index contributed by atoms with van der Waals surface area (Å²) >= 11 is 0. The van der Waals surface area contributed by atoms with Gasteiger partial charge >= 0.3 is 0 Å². The Morgan fingerprint density at radius 3 is 3.06 bits per heavy atom. The van der Waals surface area contributed by atoms with Crippen molar-refractivity contribution in [3.8, 4) is 0 Å². The average molecular weight is 251 g/mol. The van der Waals surface area contributed by atoms with Crippen LogP contribution in [0.15, 0.2) is 10.7 Å². The summed E-state index contributed by atoms with van der Waals surface area (Å²) in [5.74, 6) is 1.43. The fourth-order valence-electron chi connectivity index (χ4n) is 2.53. The van der Waals surface area contributed by atoms with Gasteiger partial charge in [0.15, 0.2) is 5.89 Å². The molecule has 1 aromatic rings. The monoisotopic (exact) mass is 251 g/mol. The Hall–Kier alpha value is -0.870. The first kappa shape index (κ1) is 13.6. The molecule has 0 amide bonds. The third-order valence-corrected chi connectivity index (χ3v) is 3.73. The zero-order valence-electron chi connectivity index (χ0n) is 11.8. The van der Waals surface area contributed by atoms with Crippen molar-refractivity contribution in [1.82, 2.24) is 15.2 Å². The summed E-state index contributed by atoms with van der Waals surface area (Å²) in [6.45, 7) is 7.79. The minimum absolute atomic E-state index is 0.491. The summed E-state index contributed by atoms with van der Waals surface area (Å²) in [7, 11) is 1.98. The van der Waals surface area contributed by atoms with Crippen LogP contribution < -0.4 is 5.32 Å². The van der Waals surface area contributed by atoms with Gasteiger partial charge in [0.25, 0.3) is 0 Å². The van der Waals surface area contributed by atoms with Crippen LogP contribution in [0.2, 0.25) is 0 Å². The molecule has 4 nitrogen and oxygen atoms in total. The van der Waals surface area contributed by atoms with Crippen LogP contribution in [0.25, 0.3) is 0 Å². The molecule has 0 aromatic carbocycles. The molecular weight excluding hydrogens is 226 g/mol. The number of nitrogens with zero attached hydrogens (tertiary/aromatic N) is 2. The van der Waals surface area contributed by atoms with Gasteiger partial charge in [-0.3, -0.25) is 0 Å². The van der Waals surface area contributed by atoms with Gasteiger partial charge in [0, 0.05) is 18.5 Å². The van der Waals surface area contributed by atoms with Gasteiger partial charge in [0.2, 0.25) is 0 Å². The third-order valence-electron chi connectivity index (χ3n) is 3.73. The Balaban J connectivity index is 1.86. The lowest BCUT2D eigenvalue weighted by atomic mass is 10.1. The van der Waals surface area contributed by atoms with E-state index >= 15 is 0 Å². The first-order valence-electron chi connectivity index (χ1n) is 7.03. The van der Waals surface area contributed by atoms with E-state index < -0.39 is 0 Å². The molecule has 1 atom stereocenters. The summed E-state index contributed by atoms with van der Waals surface area (Å²) < 4.78 is 5.65. The van der Waals surface area contributed by atoms with E-state index in [4.69, 9.17) is 4.42 Å². The summed E-state index contributed by atoms with van der Waals surface area (Å²) in [6, 6.07) is 0.625. The predicted molar refractivity (Wildman–Crippen MR) is 72.8 cm³/mol. The molecule has 0 radical (unpaired) electrons. The normalized spacial score (nSPS) is 21.0. The number of oxazole rings is 1. The van der Waals surface area contributed by atoms with E-state index in [1.54, 1.807) is 0 Å². The maximum absolute atomic E-state index is 5.65. The van der Waals surface area contributed by atoms with Crippen LogP contribution in [0.4, 0.5) is 0 Å². The Labute approximate surface area is 110 Å². The van der Waals surface area contributed by atoms with E-state index in [1.807, 2.05) is 13.3 Å². The average Bonchev–Trinajstić information content (AvgIpc) is 2.97. The maximum atomic E-state index is 5.65.